The van der Waals surface area contributed by atoms with Gasteiger partial charge in [0.1, 0.15) is 6.16 Å². The molecule has 0 saturated carbocycles. The zero-order chi connectivity index (χ0) is 9.78. The Kier molecular flexibility index (Phi) is 14.7. The van der Waals surface area contributed by atoms with Gasteiger partial charge < -0.3 is 17.5 Å². The van der Waals surface area contributed by atoms with E-state index in [1.54, 1.807) is 13.8 Å². The maximum atomic E-state index is 11.1. The normalized spacial score (nSPS) is 9.71. The first-order chi connectivity index (χ1) is 5.40. The van der Waals surface area contributed by atoms with Gasteiger partial charge in [-0.1, -0.05) is 0 Å². The van der Waals surface area contributed by atoms with Crippen molar-refractivity contribution in [2.45, 2.75) is 13.8 Å². The van der Waals surface area contributed by atoms with Crippen LogP contribution in [-0.4, -0.2) is 39.8 Å². The molecule has 14 heavy (non-hydrogen) atoms. The zero-order valence-corrected chi connectivity index (χ0v) is 14.1. The molecule has 0 spiro atoms. The summed E-state index contributed by atoms with van der Waals surface area (Å²) in [6.07, 6.45) is -0.686. The third-order valence-electron chi connectivity index (χ3n) is 1.46. The molecule has 0 aromatic rings. The summed E-state index contributed by atoms with van der Waals surface area (Å²) in [5, 5.41) is 0. The number of nitrogens with zero attached hydrogens (tertiary/aromatic N) is 1. The van der Waals surface area contributed by atoms with Crippen LogP contribution in [0, 0.1) is 0 Å². The van der Waals surface area contributed by atoms with Crippen molar-refractivity contribution in [3.8, 4) is 0 Å². The summed E-state index contributed by atoms with van der Waals surface area (Å²) in [5.74, 6) is -0.492. The van der Waals surface area contributed by atoms with Crippen molar-refractivity contribution in [2.24, 2.45) is 0 Å². The average molecular weight is 243 g/mol. The van der Waals surface area contributed by atoms with Crippen LogP contribution in [0.4, 0.5) is 0 Å². The molecule has 1 amide bonds. The van der Waals surface area contributed by atoms with E-state index in [-0.39, 0.29) is 62.0 Å². The van der Waals surface area contributed by atoms with Crippen LogP contribution in [-0.2, 0) is 9.36 Å². The summed E-state index contributed by atoms with van der Waals surface area (Å²) < 4.78 is 10.4. The third-order valence-corrected chi connectivity index (χ3v) is 2.14. The van der Waals surface area contributed by atoms with Crippen LogP contribution in [0.1, 0.15) is 16.7 Å². The Bertz CT molecular complexity index is 213. The molecule has 0 aliphatic carbocycles. The standard InChI is InChI=1S/C6H14NO4P.2Na.2H/c1-3-7(4-2)6(8)5-12(9,10)11;;;;/h3-5H2,1-2H3,(H2,9,10,11);;;;/q;2*+1;2*-1. The molecule has 2 N–H and O–H groups in total. The van der Waals surface area contributed by atoms with E-state index in [0.717, 1.165) is 0 Å². The second kappa shape index (κ2) is 9.82. The monoisotopic (exact) mass is 243 g/mol. The minimum absolute atomic E-state index is 0. The predicted molar refractivity (Wildman–Crippen MR) is 47.1 cm³/mol. The summed E-state index contributed by atoms with van der Waals surface area (Å²) >= 11 is 0. The smallest absolute Gasteiger partial charge is 1.00 e. The van der Waals surface area contributed by atoms with Crippen molar-refractivity contribution in [1.82, 2.24) is 4.90 Å². The van der Waals surface area contributed by atoms with Crippen LogP contribution < -0.4 is 59.1 Å². The molecule has 0 aromatic heterocycles. The Morgan fingerprint density at radius 1 is 1.29 bits per heavy atom. The Labute approximate surface area is 131 Å². The van der Waals surface area contributed by atoms with Crippen molar-refractivity contribution in [2.75, 3.05) is 19.3 Å². The number of hydrogen-bond acceptors (Lipinski definition) is 2. The molecule has 76 valence electrons. The number of carbonyl (C=O) groups is 1. The topological polar surface area (TPSA) is 77.8 Å². The molecular weight excluding hydrogens is 227 g/mol. The Morgan fingerprint density at radius 2 is 1.64 bits per heavy atom. The molecule has 0 bridgehead atoms. The fourth-order valence-corrected chi connectivity index (χ4v) is 1.40. The Morgan fingerprint density at radius 3 is 1.86 bits per heavy atom. The van der Waals surface area contributed by atoms with E-state index in [4.69, 9.17) is 9.79 Å². The molecule has 0 aliphatic heterocycles. The maximum Gasteiger partial charge on any atom is 1.00 e. The van der Waals surface area contributed by atoms with Gasteiger partial charge >= 0.3 is 66.7 Å². The van der Waals surface area contributed by atoms with Crippen LogP contribution in [0.5, 0.6) is 0 Å². The van der Waals surface area contributed by atoms with Gasteiger partial charge in [-0.15, -0.1) is 0 Å². The molecule has 0 radical (unpaired) electrons. The molecule has 0 aliphatic rings. The summed E-state index contributed by atoms with van der Waals surface area (Å²) in [6.45, 7) is 4.49. The predicted octanol–water partition coefficient (Wildman–Crippen LogP) is -5.73. The molecule has 0 rings (SSSR count). The summed E-state index contributed by atoms with van der Waals surface area (Å²) in [6, 6.07) is 0. The molecule has 0 saturated heterocycles. The van der Waals surface area contributed by atoms with E-state index < -0.39 is 19.7 Å². The average Bonchev–Trinajstić information content (AvgIpc) is 1.85. The quantitative estimate of drug-likeness (QED) is 0.381. The fourth-order valence-electron chi connectivity index (χ4n) is 0.853. The van der Waals surface area contributed by atoms with Crippen molar-refractivity contribution in [3.05, 3.63) is 0 Å². The van der Waals surface area contributed by atoms with E-state index in [9.17, 15) is 9.36 Å². The Balaban J connectivity index is -0.000000101. The van der Waals surface area contributed by atoms with Crippen LogP contribution in [0.25, 0.3) is 0 Å². The molecule has 0 unspecified atom stereocenters. The number of carbonyl (C=O) groups excluding carboxylic acids is 1. The number of rotatable bonds is 4. The summed E-state index contributed by atoms with van der Waals surface area (Å²) in [7, 11) is -4.19. The third kappa shape index (κ3) is 10.1. The van der Waals surface area contributed by atoms with E-state index in [1.165, 1.54) is 4.90 Å². The Hall–Kier alpha value is 1.62. The second-order valence-electron chi connectivity index (χ2n) is 2.39. The van der Waals surface area contributed by atoms with Crippen LogP contribution in [0.3, 0.4) is 0 Å². The summed E-state index contributed by atoms with van der Waals surface area (Å²) in [5.41, 5.74) is 0. The molecule has 0 atom stereocenters. The van der Waals surface area contributed by atoms with Gasteiger partial charge in [0.15, 0.2) is 0 Å². The largest absolute Gasteiger partial charge is 1.00 e. The first kappa shape index (κ1) is 21.0. The van der Waals surface area contributed by atoms with Gasteiger partial charge in [-0.3, -0.25) is 9.36 Å². The van der Waals surface area contributed by atoms with E-state index >= 15 is 0 Å². The van der Waals surface area contributed by atoms with Crippen molar-refractivity contribution in [1.29, 1.82) is 0 Å². The zero-order valence-electron chi connectivity index (χ0n) is 11.2. The minimum Gasteiger partial charge on any atom is -1.00 e. The van der Waals surface area contributed by atoms with Crippen molar-refractivity contribution >= 4 is 13.5 Å². The van der Waals surface area contributed by atoms with Crippen LogP contribution >= 0.6 is 7.60 Å². The molecular formula is C6H16NNa2O4P. The molecule has 0 fully saturated rings. The molecule has 8 heteroatoms. The van der Waals surface area contributed by atoms with Gasteiger partial charge in [0.25, 0.3) is 0 Å². The van der Waals surface area contributed by atoms with Gasteiger partial charge in [-0.2, -0.15) is 0 Å². The molecule has 0 heterocycles. The van der Waals surface area contributed by atoms with Gasteiger partial charge in [0.2, 0.25) is 5.91 Å². The number of amides is 1. The maximum absolute atomic E-state index is 11.1. The van der Waals surface area contributed by atoms with Gasteiger partial charge in [-0.25, -0.2) is 0 Å². The van der Waals surface area contributed by atoms with Crippen molar-refractivity contribution < 1.29 is 81.1 Å². The van der Waals surface area contributed by atoms with E-state index in [0.29, 0.717) is 13.1 Å². The fraction of sp³-hybridized carbons (Fsp3) is 0.833. The first-order valence-electron chi connectivity index (χ1n) is 3.73. The van der Waals surface area contributed by atoms with Gasteiger partial charge in [-0.05, 0) is 13.8 Å². The SMILES string of the molecule is CCN(CC)C(=O)CP(=O)(O)O.[H-].[H-].[Na+].[Na+]. The van der Waals surface area contributed by atoms with E-state index in [2.05, 4.69) is 0 Å². The number of hydrogen-bond donors (Lipinski definition) is 2. The van der Waals surface area contributed by atoms with Crippen LogP contribution in [0.15, 0.2) is 0 Å². The summed E-state index contributed by atoms with van der Waals surface area (Å²) in [4.78, 5) is 29.4. The van der Waals surface area contributed by atoms with Gasteiger partial charge in [0, 0.05) is 13.1 Å². The van der Waals surface area contributed by atoms with Crippen molar-refractivity contribution in [3.63, 3.8) is 0 Å². The first-order valence-corrected chi connectivity index (χ1v) is 5.52. The molecule has 5 nitrogen and oxygen atoms in total. The molecule has 0 aromatic carbocycles. The van der Waals surface area contributed by atoms with E-state index in [1.807, 2.05) is 0 Å². The van der Waals surface area contributed by atoms with Gasteiger partial charge in [0.05, 0.1) is 0 Å². The van der Waals surface area contributed by atoms with Crippen LogP contribution in [0.2, 0.25) is 0 Å². The minimum atomic E-state index is -4.19. The second-order valence-corrected chi connectivity index (χ2v) is 4.03.